The average Bonchev–Trinajstić information content (AvgIpc) is 2.66. The van der Waals surface area contributed by atoms with Crippen molar-refractivity contribution in [1.29, 1.82) is 0 Å². The van der Waals surface area contributed by atoms with E-state index >= 15 is 0 Å². The first-order chi connectivity index (χ1) is 12.9. The van der Waals surface area contributed by atoms with Crippen molar-refractivity contribution in [3.8, 4) is 0 Å². The molecule has 0 aliphatic carbocycles. The molecule has 0 aliphatic heterocycles. The number of amides is 2. The molecule has 0 spiro atoms. The standard InChI is InChI=1S/C21H26FN3O2/c1-4-25(5-2)18-10-11-19(15(3)14-18)24-21(27)20(26)23-13-12-16-6-8-17(22)9-7-16/h6-11,14H,4-5,12-13H2,1-3H3,(H,23,26)(H,24,27). The smallest absolute Gasteiger partial charge is 0.313 e. The van der Waals surface area contributed by atoms with E-state index in [-0.39, 0.29) is 5.82 Å². The normalized spacial score (nSPS) is 10.4. The van der Waals surface area contributed by atoms with Gasteiger partial charge in [-0.1, -0.05) is 12.1 Å². The summed E-state index contributed by atoms with van der Waals surface area (Å²) < 4.78 is 12.9. The van der Waals surface area contributed by atoms with Gasteiger partial charge in [-0.15, -0.1) is 0 Å². The van der Waals surface area contributed by atoms with Gasteiger partial charge in [0.05, 0.1) is 0 Å². The summed E-state index contributed by atoms with van der Waals surface area (Å²) in [6.45, 7) is 8.18. The van der Waals surface area contributed by atoms with Crippen molar-refractivity contribution >= 4 is 23.2 Å². The summed E-state index contributed by atoms with van der Waals surface area (Å²) in [4.78, 5) is 26.3. The van der Waals surface area contributed by atoms with Gasteiger partial charge in [-0.2, -0.15) is 0 Å². The maximum absolute atomic E-state index is 12.9. The summed E-state index contributed by atoms with van der Waals surface area (Å²) in [5, 5.41) is 5.23. The monoisotopic (exact) mass is 371 g/mol. The van der Waals surface area contributed by atoms with Gasteiger partial charge in [0, 0.05) is 31.0 Å². The van der Waals surface area contributed by atoms with E-state index in [4.69, 9.17) is 0 Å². The SMILES string of the molecule is CCN(CC)c1ccc(NC(=O)C(=O)NCCc2ccc(F)cc2)c(C)c1. The molecule has 0 bridgehead atoms. The summed E-state index contributed by atoms with van der Waals surface area (Å²) in [5.41, 5.74) is 3.48. The zero-order valence-electron chi connectivity index (χ0n) is 16.0. The quantitative estimate of drug-likeness (QED) is 0.735. The van der Waals surface area contributed by atoms with Crippen molar-refractivity contribution in [2.24, 2.45) is 0 Å². The number of carbonyl (C=O) groups excluding carboxylic acids is 2. The molecule has 0 heterocycles. The summed E-state index contributed by atoms with van der Waals surface area (Å²) in [7, 11) is 0. The number of hydrogen-bond donors (Lipinski definition) is 2. The topological polar surface area (TPSA) is 61.4 Å². The highest BCUT2D eigenvalue weighted by molar-refractivity contribution is 6.39. The van der Waals surface area contributed by atoms with Gasteiger partial charge >= 0.3 is 11.8 Å². The van der Waals surface area contributed by atoms with Crippen molar-refractivity contribution in [1.82, 2.24) is 5.32 Å². The van der Waals surface area contributed by atoms with Gasteiger partial charge in [0.2, 0.25) is 0 Å². The van der Waals surface area contributed by atoms with E-state index in [2.05, 4.69) is 29.4 Å². The molecule has 2 N–H and O–H groups in total. The number of benzene rings is 2. The third-order valence-electron chi connectivity index (χ3n) is 4.41. The Bertz CT molecular complexity index is 787. The van der Waals surface area contributed by atoms with E-state index < -0.39 is 11.8 Å². The van der Waals surface area contributed by atoms with Gasteiger partial charge in [-0.3, -0.25) is 9.59 Å². The fourth-order valence-electron chi connectivity index (χ4n) is 2.80. The minimum Gasteiger partial charge on any atom is -0.372 e. The second-order valence-electron chi connectivity index (χ2n) is 6.26. The number of hydrogen-bond acceptors (Lipinski definition) is 3. The van der Waals surface area contributed by atoms with Crippen LogP contribution in [-0.4, -0.2) is 31.4 Å². The zero-order chi connectivity index (χ0) is 19.8. The van der Waals surface area contributed by atoms with Crippen molar-refractivity contribution in [3.05, 3.63) is 59.4 Å². The van der Waals surface area contributed by atoms with Crippen LogP contribution in [0.4, 0.5) is 15.8 Å². The Balaban J connectivity index is 1.88. The van der Waals surface area contributed by atoms with E-state index in [0.717, 1.165) is 29.9 Å². The minimum atomic E-state index is -0.701. The maximum Gasteiger partial charge on any atom is 0.313 e. The third kappa shape index (κ3) is 5.81. The minimum absolute atomic E-state index is 0.301. The Morgan fingerprint density at radius 2 is 1.67 bits per heavy atom. The lowest BCUT2D eigenvalue weighted by Gasteiger charge is -2.22. The van der Waals surface area contributed by atoms with E-state index in [1.807, 2.05) is 25.1 Å². The van der Waals surface area contributed by atoms with Gasteiger partial charge < -0.3 is 15.5 Å². The molecule has 144 valence electrons. The molecule has 0 aromatic heterocycles. The molecule has 5 nitrogen and oxygen atoms in total. The van der Waals surface area contributed by atoms with Crippen LogP contribution in [0.2, 0.25) is 0 Å². The zero-order valence-corrected chi connectivity index (χ0v) is 16.0. The molecule has 0 saturated heterocycles. The molecule has 0 aliphatic rings. The maximum atomic E-state index is 12.9. The predicted octanol–water partition coefficient (Wildman–Crippen LogP) is 3.28. The Hall–Kier alpha value is -2.89. The molecule has 0 saturated carbocycles. The fourth-order valence-corrected chi connectivity index (χ4v) is 2.80. The molecule has 0 atom stereocenters. The molecule has 27 heavy (non-hydrogen) atoms. The number of nitrogens with zero attached hydrogens (tertiary/aromatic N) is 1. The summed E-state index contributed by atoms with van der Waals surface area (Å²) in [6, 6.07) is 11.8. The van der Waals surface area contributed by atoms with E-state index in [1.54, 1.807) is 12.1 Å². The second kappa shape index (κ2) is 9.71. The van der Waals surface area contributed by atoms with Crippen LogP contribution >= 0.6 is 0 Å². The van der Waals surface area contributed by atoms with E-state index in [1.165, 1.54) is 12.1 Å². The highest BCUT2D eigenvalue weighted by atomic mass is 19.1. The lowest BCUT2D eigenvalue weighted by Crippen LogP contribution is -2.36. The van der Waals surface area contributed by atoms with Gasteiger partial charge in [0.15, 0.2) is 0 Å². The van der Waals surface area contributed by atoms with Gasteiger partial charge in [0.1, 0.15) is 5.82 Å². The van der Waals surface area contributed by atoms with Crippen molar-refractivity contribution in [2.75, 3.05) is 29.9 Å². The van der Waals surface area contributed by atoms with Crippen LogP contribution in [-0.2, 0) is 16.0 Å². The number of nitrogens with one attached hydrogen (secondary N) is 2. The van der Waals surface area contributed by atoms with Gasteiger partial charge in [-0.05, 0) is 68.7 Å². The Morgan fingerprint density at radius 3 is 2.26 bits per heavy atom. The Morgan fingerprint density at radius 1 is 1.00 bits per heavy atom. The highest BCUT2D eigenvalue weighted by Gasteiger charge is 2.15. The van der Waals surface area contributed by atoms with Crippen LogP contribution in [0.15, 0.2) is 42.5 Å². The highest BCUT2D eigenvalue weighted by Crippen LogP contribution is 2.22. The van der Waals surface area contributed by atoms with Crippen molar-refractivity contribution in [2.45, 2.75) is 27.2 Å². The first kappa shape index (κ1) is 20.4. The molecule has 0 unspecified atom stereocenters. The second-order valence-corrected chi connectivity index (χ2v) is 6.26. The largest absolute Gasteiger partial charge is 0.372 e. The molecular weight excluding hydrogens is 345 g/mol. The van der Waals surface area contributed by atoms with Crippen molar-refractivity contribution < 1.29 is 14.0 Å². The summed E-state index contributed by atoms with van der Waals surface area (Å²) in [6.07, 6.45) is 0.525. The number of carbonyl (C=O) groups is 2. The summed E-state index contributed by atoms with van der Waals surface area (Å²) in [5.74, 6) is -1.69. The number of anilines is 2. The van der Waals surface area contributed by atoms with Crippen LogP contribution < -0.4 is 15.5 Å². The van der Waals surface area contributed by atoms with Crippen LogP contribution in [0.3, 0.4) is 0 Å². The number of halogens is 1. The molecule has 0 radical (unpaired) electrons. The Labute approximate surface area is 159 Å². The van der Waals surface area contributed by atoms with Crippen LogP contribution in [0.25, 0.3) is 0 Å². The lowest BCUT2D eigenvalue weighted by atomic mass is 10.1. The van der Waals surface area contributed by atoms with Gasteiger partial charge in [0.25, 0.3) is 0 Å². The van der Waals surface area contributed by atoms with Gasteiger partial charge in [-0.25, -0.2) is 4.39 Å². The lowest BCUT2D eigenvalue weighted by molar-refractivity contribution is -0.136. The van der Waals surface area contributed by atoms with Crippen LogP contribution in [0.1, 0.15) is 25.0 Å². The molecule has 2 aromatic rings. The summed E-state index contributed by atoms with van der Waals surface area (Å²) >= 11 is 0. The Kier molecular flexibility index (Phi) is 7.34. The third-order valence-corrected chi connectivity index (χ3v) is 4.41. The fraction of sp³-hybridized carbons (Fsp3) is 0.333. The molecular formula is C21H26FN3O2. The van der Waals surface area contributed by atoms with E-state index in [9.17, 15) is 14.0 Å². The first-order valence-electron chi connectivity index (χ1n) is 9.13. The number of aryl methyl sites for hydroxylation is 1. The predicted molar refractivity (Wildman–Crippen MR) is 106 cm³/mol. The first-order valence-corrected chi connectivity index (χ1v) is 9.13. The van der Waals surface area contributed by atoms with Crippen molar-refractivity contribution in [3.63, 3.8) is 0 Å². The molecule has 6 heteroatoms. The number of rotatable bonds is 7. The molecule has 2 rings (SSSR count). The van der Waals surface area contributed by atoms with Crippen LogP contribution in [0, 0.1) is 12.7 Å². The molecule has 2 aromatic carbocycles. The van der Waals surface area contributed by atoms with Crippen LogP contribution in [0.5, 0.6) is 0 Å². The molecule has 2 amide bonds. The molecule has 0 fully saturated rings. The van der Waals surface area contributed by atoms with E-state index in [0.29, 0.717) is 18.7 Å². The average molecular weight is 371 g/mol.